The molecule has 0 radical (unpaired) electrons. The summed E-state index contributed by atoms with van der Waals surface area (Å²) in [6, 6.07) is 12.7. The minimum absolute atomic E-state index is 0.0335. The van der Waals surface area contributed by atoms with Crippen LogP contribution in [0.3, 0.4) is 0 Å². The number of carbonyl (C=O) groups is 1. The molecule has 2 aromatic rings. The highest BCUT2D eigenvalue weighted by molar-refractivity contribution is 7.99. The number of nitrogens with one attached hydrogen (secondary N) is 1. The van der Waals surface area contributed by atoms with E-state index in [0.29, 0.717) is 5.75 Å². The summed E-state index contributed by atoms with van der Waals surface area (Å²) in [6.45, 7) is 2.98. The summed E-state index contributed by atoms with van der Waals surface area (Å²) in [4.78, 5) is 19.0. The first-order valence-electron chi connectivity index (χ1n) is 10.2. The highest BCUT2D eigenvalue weighted by atomic mass is 32.2. The summed E-state index contributed by atoms with van der Waals surface area (Å²) in [5.41, 5.74) is 3.83. The number of hydrogen-bond acceptors (Lipinski definition) is 5. The molecule has 2 aliphatic rings. The van der Waals surface area contributed by atoms with Crippen LogP contribution in [0.25, 0.3) is 0 Å². The summed E-state index contributed by atoms with van der Waals surface area (Å²) in [6.07, 6.45) is 7.70. The average Bonchev–Trinajstić information content (AvgIpc) is 3.00. The first-order valence-corrected chi connectivity index (χ1v) is 11.6. The third-order valence-corrected chi connectivity index (χ3v) is 6.98. The molecule has 1 aromatic carbocycles. The van der Waals surface area contributed by atoms with E-state index in [2.05, 4.69) is 51.6 Å². The van der Waals surface area contributed by atoms with E-state index in [9.17, 15) is 4.79 Å². The second-order valence-corrected chi connectivity index (χ2v) is 8.88. The number of amides is 1. The van der Waals surface area contributed by atoms with Crippen LogP contribution in [0, 0.1) is 0 Å². The summed E-state index contributed by atoms with van der Waals surface area (Å²) in [5, 5.41) is 3.25. The van der Waals surface area contributed by atoms with Crippen molar-refractivity contribution in [2.75, 3.05) is 32.2 Å². The van der Waals surface area contributed by atoms with Crippen LogP contribution < -0.4 is 5.32 Å². The molecule has 0 bridgehead atoms. The number of thioether (sulfide) groups is 1. The van der Waals surface area contributed by atoms with Gasteiger partial charge in [0.05, 0.1) is 17.9 Å². The van der Waals surface area contributed by atoms with Crippen LogP contribution in [-0.2, 0) is 21.5 Å². The Morgan fingerprint density at radius 2 is 1.97 bits per heavy atom. The van der Waals surface area contributed by atoms with E-state index < -0.39 is 0 Å². The lowest BCUT2D eigenvalue weighted by Crippen LogP contribution is -2.50. The van der Waals surface area contributed by atoms with Gasteiger partial charge in [-0.25, -0.2) is 0 Å². The van der Waals surface area contributed by atoms with E-state index in [1.165, 1.54) is 16.7 Å². The van der Waals surface area contributed by atoms with Crippen molar-refractivity contribution in [3.05, 3.63) is 65.5 Å². The summed E-state index contributed by atoms with van der Waals surface area (Å²) in [5.74, 6) is 0.550. The lowest BCUT2D eigenvalue weighted by Gasteiger charge is -2.44. The molecule has 5 nitrogen and oxygen atoms in total. The lowest BCUT2D eigenvalue weighted by atomic mass is 9.72. The molecular formula is C23H29N3O2S. The largest absolute Gasteiger partial charge is 0.378 e. The third kappa shape index (κ3) is 3.93. The average molecular weight is 412 g/mol. The Balaban J connectivity index is 1.55. The van der Waals surface area contributed by atoms with E-state index in [4.69, 9.17) is 4.74 Å². The standard InChI is InChI=1S/C23H29N3O2S/c1-28-22-21(25-20(27)16-29-2)18-5-3-4-6-19(18)23(22)9-13-26(14-10-23)15-17-7-11-24-12-8-17/h3-8,11-12,21-22H,9-10,13-16H2,1-2H3,(H,25,27)/t21-,22+/m1/s1. The minimum atomic E-state index is -0.0809. The molecule has 6 heteroatoms. The van der Waals surface area contributed by atoms with Gasteiger partial charge in [-0.1, -0.05) is 24.3 Å². The SMILES string of the molecule is CO[C@H]1[C@H](NC(=O)CSC)c2ccccc2C12CCN(Cc1ccncc1)CC2. The molecule has 1 amide bonds. The summed E-state index contributed by atoms with van der Waals surface area (Å²) in [7, 11) is 1.79. The number of pyridine rings is 1. The van der Waals surface area contributed by atoms with Gasteiger partial charge in [-0.3, -0.25) is 14.7 Å². The van der Waals surface area contributed by atoms with Crippen LogP contribution in [0.1, 0.15) is 35.6 Å². The van der Waals surface area contributed by atoms with E-state index >= 15 is 0 Å². The zero-order chi connectivity index (χ0) is 20.3. The Kier molecular flexibility index (Phi) is 6.23. The molecule has 1 saturated heterocycles. The van der Waals surface area contributed by atoms with Crippen molar-refractivity contribution in [1.82, 2.24) is 15.2 Å². The van der Waals surface area contributed by atoms with Gasteiger partial charge in [-0.05, 0) is 61.0 Å². The molecular weight excluding hydrogens is 382 g/mol. The van der Waals surface area contributed by atoms with Crippen molar-refractivity contribution in [3.8, 4) is 0 Å². The van der Waals surface area contributed by atoms with E-state index in [1.54, 1.807) is 18.9 Å². The Hall–Kier alpha value is -1.89. The molecule has 1 aromatic heterocycles. The highest BCUT2D eigenvalue weighted by Gasteiger charge is 2.53. The molecule has 1 fully saturated rings. The Labute approximate surface area is 177 Å². The second-order valence-electron chi connectivity index (χ2n) is 8.01. The number of nitrogens with zero attached hydrogens (tertiary/aromatic N) is 2. The zero-order valence-corrected chi connectivity index (χ0v) is 18.0. The number of likely N-dealkylation sites (tertiary alicyclic amines) is 1. The molecule has 29 heavy (non-hydrogen) atoms. The predicted octanol–water partition coefficient (Wildman–Crippen LogP) is 3.16. The maximum Gasteiger partial charge on any atom is 0.230 e. The molecule has 1 aliphatic carbocycles. The fourth-order valence-electron chi connectivity index (χ4n) is 5.13. The molecule has 2 atom stereocenters. The normalized spacial score (nSPS) is 23.1. The number of aromatic nitrogens is 1. The number of rotatable bonds is 6. The van der Waals surface area contributed by atoms with Crippen molar-refractivity contribution in [1.29, 1.82) is 0 Å². The number of methoxy groups -OCH3 is 1. The Bertz CT molecular complexity index is 837. The molecule has 0 saturated carbocycles. The molecule has 1 aliphatic heterocycles. The monoisotopic (exact) mass is 411 g/mol. The van der Waals surface area contributed by atoms with Crippen molar-refractivity contribution in [2.24, 2.45) is 0 Å². The minimum Gasteiger partial charge on any atom is -0.378 e. The first kappa shape index (κ1) is 20.4. The number of hydrogen-bond donors (Lipinski definition) is 1. The van der Waals surface area contributed by atoms with Crippen molar-refractivity contribution >= 4 is 17.7 Å². The lowest BCUT2D eigenvalue weighted by molar-refractivity contribution is -0.121. The molecule has 2 heterocycles. The van der Waals surface area contributed by atoms with Crippen LogP contribution in [0.15, 0.2) is 48.8 Å². The van der Waals surface area contributed by atoms with Gasteiger partial charge in [0.15, 0.2) is 0 Å². The van der Waals surface area contributed by atoms with Gasteiger partial charge in [-0.2, -0.15) is 11.8 Å². The molecule has 1 spiro atoms. The van der Waals surface area contributed by atoms with Crippen LogP contribution in [0.2, 0.25) is 0 Å². The summed E-state index contributed by atoms with van der Waals surface area (Å²) < 4.78 is 6.08. The summed E-state index contributed by atoms with van der Waals surface area (Å²) >= 11 is 1.55. The number of carbonyl (C=O) groups excluding carboxylic acids is 1. The fraction of sp³-hybridized carbons (Fsp3) is 0.478. The molecule has 4 rings (SSSR count). The van der Waals surface area contributed by atoms with Crippen LogP contribution in [-0.4, -0.2) is 54.1 Å². The number of benzene rings is 1. The number of piperidine rings is 1. The van der Waals surface area contributed by atoms with Crippen molar-refractivity contribution in [2.45, 2.75) is 36.9 Å². The van der Waals surface area contributed by atoms with E-state index in [-0.39, 0.29) is 23.5 Å². The highest BCUT2D eigenvalue weighted by Crippen LogP contribution is 2.52. The quantitative estimate of drug-likeness (QED) is 0.791. The van der Waals surface area contributed by atoms with E-state index in [0.717, 1.165) is 32.5 Å². The van der Waals surface area contributed by atoms with Gasteiger partial charge in [-0.15, -0.1) is 0 Å². The molecule has 1 N–H and O–H groups in total. The van der Waals surface area contributed by atoms with Gasteiger partial charge < -0.3 is 10.1 Å². The topological polar surface area (TPSA) is 54.5 Å². The van der Waals surface area contributed by atoms with Gasteiger partial charge in [0.1, 0.15) is 0 Å². The van der Waals surface area contributed by atoms with Gasteiger partial charge >= 0.3 is 0 Å². The van der Waals surface area contributed by atoms with Gasteiger partial charge in [0.25, 0.3) is 0 Å². The second kappa shape index (κ2) is 8.86. The Morgan fingerprint density at radius 1 is 1.24 bits per heavy atom. The van der Waals surface area contributed by atoms with Crippen LogP contribution in [0.4, 0.5) is 0 Å². The molecule has 154 valence electrons. The maximum absolute atomic E-state index is 12.4. The Morgan fingerprint density at radius 3 is 2.66 bits per heavy atom. The number of ether oxygens (including phenoxy) is 1. The van der Waals surface area contributed by atoms with E-state index in [1.807, 2.05) is 18.6 Å². The van der Waals surface area contributed by atoms with Gasteiger partial charge in [0.2, 0.25) is 5.91 Å². The fourth-order valence-corrected chi connectivity index (χ4v) is 5.47. The van der Waals surface area contributed by atoms with Crippen molar-refractivity contribution in [3.63, 3.8) is 0 Å². The van der Waals surface area contributed by atoms with Crippen LogP contribution >= 0.6 is 11.8 Å². The number of fused-ring (bicyclic) bond motifs is 2. The zero-order valence-electron chi connectivity index (χ0n) is 17.1. The smallest absolute Gasteiger partial charge is 0.230 e. The predicted molar refractivity (Wildman–Crippen MR) is 117 cm³/mol. The van der Waals surface area contributed by atoms with Crippen LogP contribution in [0.5, 0.6) is 0 Å². The first-order chi connectivity index (χ1) is 14.2. The van der Waals surface area contributed by atoms with Gasteiger partial charge in [0, 0.05) is 31.5 Å². The molecule has 0 unspecified atom stereocenters. The van der Waals surface area contributed by atoms with Crippen molar-refractivity contribution < 1.29 is 9.53 Å². The third-order valence-electron chi connectivity index (χ3n) is 6.43. The maximum atomic E-state index is 12.4.